The van der Waals surface area contributed by atoms with Gasteiger partial charge in [0.15, 0.2) is 0 Å². The normalized spacial score (nSPS) is 25.7. The molecule has 0 radical (unpaired) electrons. The van der Waals surface area contributed by atoms with Gasteiger partial charge in [-0.3, -0.25) is 14.7 Å². The lowest BCUT2D eigenvalue weighted by molar-refractivity contribution is -0.137. The first-order chi connectivity index (χ1) is 12.8. The van der Waals surface area contributed by atoms with Crippen LogP contribution in [0.1, 0.15) is 49.0 Å². The number of rotatable bonds is 4. The molecule has 2 heterocycles. The van der Waals surface area contributed by atoms with Crippen molar-refractivity contribution in [2.24, 2.45) is 5.92 Å². The number of H-pyrrole nitrogens is 1. The van der Waals surface area contributed by atoms with Crippen LogP contribution in [0.4, 0.5) is 0 Å². The molecule has 3 rings (SSSR count). The van der Waals surface area contributed by atoms with E-state index < -0.39 is 9.84 Å². The minimum absolute atomic E-state index is 0.000899. The van der Waals surface area contributed by atoms with Crippen LogP contribution in [0.5, 0.6) is 0 Å². The lowest BCUT2D eigenvalue weighted by Gasteiger charge is -2.36. The highest BCUT2D eigenvalue weighted by molar-refractivity contribution is 7.91. The van der Waals surface area contributed by atoms with Gasteiger partial charge in [-0.2, -0.15) is 5.10 Å². The molecule has 8 nitrogen and oxygen atoms in total. The van der Waals surface area contributed by atoms with Crippen LogP contribution < -0.4 is 5.32 Å². The summed E-state index contributed by atoms with van der Waals surface area (Å²) in [5, 5.41) is 9.54. The van der Waals surface area contributed by atoms with Crippen LogP contribution in [-0.4, -0.2) is 66.0 Å². The maximum Gasteiger partial charge on any atom is 0.271 e. The van der Waals surface area contributed by atoms with Crippen molar-refractivity contribution < 1.29 is 18.0 Å². The Morgan fingerprint density at radius 3 is 2.37 bits per heavy atom. The molecule has 1 aromatic rings. The van der Waals surface area contributed by atoms with Gasteiger partial charge in [0.05, 0.1) is 22.7 Å². The number of amides is 2. The molecule has 1 aliphatic carbocycles. The summed E-state index contributed by atoms with van der Waals surface area (Å²) in [6.07, 6.45) is 5.27. The molecule has 2 fully saturated rings. The Kier molecular flexibility index (Phi) is 6.10. The van der Waals surface area contributed by atoms with E-state index in [9.17, 15) is 18.0 Å². The van der Waals surface area contributed by atoms with Gasteiger partial charge < -0.3 is 10.2 Å². The molecule has 27 heavy (non-hydrogen) atoms. The summed E-state index contributed by atoms with van der Waals surface area (Å²) >= 11 is 5.90. The smallest absolute Gasteiger partial charge is 0.271 e. The Bertz CT molecular complexity index is 788. The minimum Gasteiger partial charge on any atom is -0.348 e. The van der Waals surface area contributed by atoms with Crippen molar-refractivity contribution in [2.45, 2.75) is 50.6 Å². The third-order valence-electron chi connectivity index (χ3n) is 5.65. The van der Waals surface area contributed by atoms with Crippen molar-refractivity contribution in [1.82, 2.24) is 20.4 Å². The fourth-order valence-corrected chi connectivity index (χ4v) is 5.55. The van der Waals surface area contributed by atoms with Crippen molar-refractivity contribution in [3.8, 4) is 0 Å². The molecular formula is C17H25ClN4O4S. The summed E-state index contributed by atoms with van der Waals surface area (Å²) in [4.78, 5) is 26.7. The van der Waals surface area contributed by atoms with Crippen LogP contribution in [0.3, 0.4) is 0 Å². The standard InChI is InChI=1S/C17H25ClN4O4S/c1-22(13-6-8-27(25,26)9-7-13)17(24)11-2-4-12(5-3-11)20-16(23)15-14(18)10-19-21-15/h10-13H,2-9H2,1H3,(H,19,21)(H,20,23). The van der Waals surface area contributed by atoms with E-state index in [1.807, 2.05) is 0 Å². The first-order valence-corrected chi connectivity index (χ1v) is 11.4. The molecule has 0 aromatic carbocycles. The van der Waals surface area contributed by atoms with Crippen molar-refractivity contribution >= 4 is 33.3 Å². The Labute approximate surface area is 163 Å². The summed E-state index contributed by atoms with van der Waals surface area (Å²) in [5.41, 5.74) is 0.252. The predicted octanol–water partition coefficient (Wildman–Crippen LogP) is 1.39. The number of carbonyl (C=O) groups is 2. The fraction of sp³-hybridized carbons (Fsp3) is 0.706. The van der Waals surface area contributed by atoms with Gasteiger partial charge in [-0.05, 0) is 38.5 Å². The highest BCUT2D eigenvalue weighted by Gasteiger charge is 2.34. The molecule has 0 bridgehead atoms. The molecule has 1 aromatic heterocycles. The van der Waals surface area contributed by atoms with Crippen molar-refractivity contribution in [3.63, 3.8) is 0 Å². The molecule has 0 atom stereocenters. The highest BCUT2D eigenvalue weighted by Crippen LogP contribution is 2.28. The van der Waals surface area contributed by atoms with Gasteiger partial charge in [-0.1, -0.05) is 11.6 Å². The van der Waals surface area contributed by atoms with Gasteiger partial charge >= 0.3 is 0 Å². The molecule has 0 unspecified atom stereocenters. The van der Waals surface area contributed by atoms with Crippen molar-refractivity contribution in [1.29, 1.82) is 0 Å². The minimum atomic E-state index is -2.93. The number of carbonyl (C=O) groups excluding carboxylic acids is 2. The molecule has 2 amide bonds. The lowest BCUT2D eigenvalue weighted by Crippen LogP contribution is -2.46. The van der Waals surface area contributed by atoms with Gasteiger partial charge in [0.2, 0.25) is 5.91 Å². The number of hydrogen-bond donors (Lipinski definition) is 2. The molecule has 1 aliphatic heterocycles. The molecule has 1 saturated carbocycles. The van der Waals surface area contributed by atoms with Crippen LogP contribution in [0.2, 0.25) is 5.02 Å². The number of aromatic amines is 1. The average molecular weight is 417 g/mol. The molecule has 0 spiro atoms. The number of hydrogen-bond acceptors (Lipinski definition) is 5. The number of sulfone groups is 1. The second-order valence-corrected chi connectivity index (χ2v) is 10.2. The van der Waals surface area contributed by atoms with Crippen LogP contribution in [0, 0.1) is 5.92 Å². The summed E-state index contributed by atoms with van der Waals surface area (Å²) < 4.78 is 23.1. The van der Waals surface area contributed by atoms with Crippen LogP contribution in [0.25, 0.3) is 0 Å². The molecule has 10 heteroatoms. The number of nitrogens with zero attached hydrogens (tertiary/aromatic N) is 2. The van der Waals surface area contributed by atoms with E-state index >= 15 is 0 Å². The zero-order valence-electron chi connectivity index (χ0n) is 15.3. The summed E-state index contributed by atoms with van der Waals surface area (Å²) in [7, 11) is -1.16. The quantitative estimate of drug-likeness (QED) is 0.770. The Hall–Kier alpha value is -1.61. The van der Waals surface area contributed by atoms with E-state index in [1.165, 1.54) is 6.20 Å². The van der Waals surface area contributed by atoms with E-state index in [-0.39, 0.29) is 52.0 Å². The second-order valence-electron chi connectivity index (χ2n) is 7.45. The summed E-state index contributed by atoms with van der Waals surface area (Å²) in [5.74, 6) is 0.0416. The maximum atomic E-state index is 12.8. The van der Waals surface area contributed by atoms with Gasteiger partial charge in [0.25, 0.3) is 5.91 Å². The van der Waals surface area contributed by atoms with E-state index in [0.29, 0.717) is 25.7 Å². The van der Waals surface area contributed by atoms with E-state index in [2.05, 4.69) is 15.5 Å². The van der Waals surface area contributed by atoms with Gasteiger partial charge in [0, 0.05) is 25.0 Å². The fourth-order valence-electron chi connectivity index (χ4n) is 3.91. The average Bonchev–Trinajstić information content (AvgIpc) is 3.07. The van der Waals surface area contributed by atoms with Crippen LogP contribution >= 0.6 is 11.6 Å². The van der Waals surface area contributed by atoms with Gasteiger partial charge in [0.1, 0.15) is 15.5 Å². The van der Waals surface area contributed by atoms with Gasteiger partial charge in [-0.25, -0.2) is 8.42 Å². The maximum absolute atomic E-state index is 12.8. The predicted molar refractivity (Wildman–Crippen MR) is 101 cm³/mol. The topological polar surface area (TPSA) is 112 Å². The zero-order chi connectivity index (χ0) is 19.6. The van der Waals surface area contributed by atoms with Crippen LogP contribution in [0.15, 0.2) is 6.20 Å². The van der Waals surface area contributed by atoms with E-state index in [1.54, 1.807) is 11.9 Å². The summed E-state index contributed by atoms with van der Waals surface area (Å²) in [6.45, 7) is 0. The summed E-state index contributed by atoms with van der Waals surface area (Å²) in [6, 6.07) is 0.00650. The number of aromatic nitrogens is 2. The largest absolute Gasteiger partial charge is 0.348 e. The lowest BCUT2D eigenvalue weighted by atomic mass is 9.84. The van der Waals surface area contributed by atoms with Crippen molar-refractivity contribution in [3.05, 3.63) is 16.9 Å². The SMILES string of the molecule is CN(C(=O)C1CCC(NC(=O)c2[nH]ncc2Cl)CC1)C1CCS(=O)(=O)CC1. The van der Waals surface area contributed by atoms with Gasteiger partial charge in [-0.15, -0.1) is 0 Å². The van der Waals surface area contributed by atoms with Crippen molar-refractivity contribution in [2.75, 3.05) is 18.6 Å². The molecule has 2 aliphatic rings. The number of halogens is 1. The zero-order valence-corrected chi connectivity index (χ0v) is 16.9. The first-order valence-electron chi connectivity index (χ1n) is 9.23. The third-order valence-corrected chi connectivity index (χ3v) is 7.65. The monoisotopic (exact) mass is 416 g/mol. The molecule has 1 saturated heterocycles. The molecular weight excluding hydrogens is 392 g/mol. The number of nitrogens with one attached hydrogen (secondary N) is 2. The molecule has 150 valence electrons. The Morgan fingerprint density at radius 1 is 1.19 bits per heavy atom. The third kappa shape index (κ3) is 4.82. The van der Waals surface area contributed by atoms with Crippen LogP contribution in [-0.2, 0) is 14.6 Å². The second kappa shape index (κ2) is 8.18. The Morgan fingerprint density at radius 2 is 1.81 bits per heavy atom. The highest BCUT2D eigenvalue weighted by atomic mass is 35.5. The molecule has 2 N–H and O–H groups in total. The Balaban J connectivity index is 1.48. The first kappa shape index (κ1) is 20.1. The van der Waals surface area contributed by atoms with E-state index in [0.717, 1.165) is 12.8 Å². The van der Waals surface area contributed by atoms with E-state index in [4.69, 9.17) is 11.6 Å².